The maximum Gasteiger partial charge on any atom is 0.269 e. The van der Waals surface area contributed by atoms with Gasteiger partial charge in [0.25, 0.3) is 5.91 Å². The molecule has 0 spiro atoms. The Morgan fingerprint density at radius 1 is 0.962 bits per heavy atom. The van der Waals surface area contributed by atoms with Crippen molar-refractivity contribution in [3.05, 3.63) is 70.5 Å². The van der Waals surface area contributed by atoms with Gasteiger partial charge in [-0.1, -0.05) is 23.7 Å². The first kappa shape index (κ1) is 18.4. The van der Waals surface area contributed by atoms with E-state index in [0.717, 1.165) is 0 Å². The molecule has 7 heteroatoms. The predicted molar refractivity (Wildman–Crippen MR) is 95.2 cm³/mol. The molecule has 0 saturated carbocycles. The number of hydrogen-bond donors (Lipinski definition) is 2. The lowest BCUT2D eigenvalue weighted by Gasteiger charge is -2.36. The Morgan fingerprint density at radius 2 is 1.58 bits per heavy atom. The minimum Gasteiger partial charge on any atom is -0.381 e. The van der Waals surface area contributed by atoms with Crippen LogP contribution in [0.5, 0.6) is 0 Å². The van der Waals surface area contributed by atoms with Gasteiger partial charge in [0, 0.05) is 23.8 Å². The molecule has 0 bridgehead atoms. The van der Waals surface area contributed by atoms with Crippen molar-refractivity contribution in [1.29, 1.82) is 0 Å². The van der Waals surface area contributed by atoms with Crippen LogP contribution in [0.25, 0.3) is 0 Å². The molecule has 1 heterocycles. The van der Waals surface area contributed by atoms with Crippen LogP contribution in [-0.2, 0) is 14.9 Å². The Balaban J connectivity index is 1.74. The summed E-state index contributed by atoms with van der Waals surface area (Å²) in [5.74, 6) is -1.17. The molecule has 0 aromatic heterocycles. The van der Waals surface area contributed by atoms with Crippen molar-refractivity contribution in [3.8, 4) is 0 Å². The van der Waals surface area contributed by atoms with Gasteiger partial charge in [-0.05, 0) is 54.8 Å². The third kappa shape index (κ3) is 3.86. The second-order valence-corrected chi connectivity index (χ2v) is 6.55. The van der Waals surface area contributed by atoms with Gasteiger partial charge in [-0.25, -0.2) is 4.39 Å². The van der Waals surface area contributed by atoms with Gasteiger partial charge in [0.2, 0.25) is 5.91 Å². The molecular formula is C19H18ClFN2O3. The average molecular weight is 377 g/mol. The molecular weight excluding hydrogens is 359 g/mol. The van der Waals surface area contributed by atoms with Crippen LogP contribution < -0.4 is 10.9 Å². The highest BCUT2D eigenvalue weighted by atomic mass is 35.5. The van der Waals surface area contributed by atoms with Crippen molar-refractivity contribution < 1.29 is 18.7 Å². The number of rotatable bonds is 3. The van der Waals surface area contributed by atoms with E-state index in [-0.39, 0.29) is 11.7 Å². The van der Waals surface area contributed by atoms with E-state index < -0.39 is 11.3 Å². The minimum absolute atomic E-state index is 0.352. The van der Waals surface area contributed by atoms with Crippen LogP contribution in [0.1, 0.15) is 28.8 Å². The number of amides is 2. The lowest BCUT2D eigenvalue weighted by Crippen LogP contribution is -2.53. The zero-order valence-electron chi connectivity index (χ0n) is 13.9. The third-order valence-electron chi connectivity index (χ3n) is 4.57. The summed E-state index contributed by atoms with van der Waals surface area (Å²) in [5, 5.41) is 0.517. The summed E-state index contributed by atoms with van der Waals surface area (Å²) in [6, 6.07) is 12.2. The van der Waals surface area contributed by atoms with Gasteiger partial charge < -0.3 is 4.74 Å². The van der Waals surface area contributed by atoms with Gasteiger partial charge in [-0.3, -0.25) is 20.4 Å². The van der Waals surface area contributed by atoms with Gasteiger partial charge in [-0.2, -0.15) is 0 Å². The van der Waals surface area contributed by atoms with Gasteiger partial charge >= 0.3 is 0 Å². The second-order valence-electron chi connectivity index (χ2n) is 6.12. The summed E-state index contributed by atoms with van der Waals surface area (Å²) in [5.41, 5.74) is 5.12. The number of halogens is 2. The number of ether oxygens (including phenoxy) is 1. The molecule has 2 aromatic carbocycles. The molecule has 0 aliphatic carbocycles. The Labute approximate surface area is 155 Å². The first-order chi connectivity index (χ1) is 12.5. The predicted octanol–water partition coefficient (Wildman–Crippen LogP) is 2.99. The number of carbonyl (C=O) groups excluding carboxylic acids is 2. The van der Waals surface area contributed by atoms with E-state index >= 15 is 0 Å². The normalized spacial score (nSPS) is 15.9. The highest BCUT2D eigenvalue weighted by Gasteiger charge is 2.42. The Hall–Kier alpha value is -2.44. The Morgan fingerprint density at radius 3 is 2.19 bits per heavy atom. The first-order valence-electron chi connectivity index (χ1n) is 8.21. The van der Waals surface area contributed by atoms with Crippen LogP contribution in [0, 0.1) is 5.82 Å². The highest BCUT2D eigenvalue weighted by molar-refractivity contribution is 6.30. The summed E-state index contributed by atoms with van der Waals surface area (Å²) in [6.45, 7) is 0.825. The monoisotopic (exact) mass is 376 g/mol. The Bertz CT molecular complexity index is 787. The fourth-order valence-electron chi connectivity index (χ4n) is 3.04. The molecule has 2 aromatic rings. The largest absolute Gasteiger partial charge is 0.381 e. The van der Waals surface area contributed by atoms with Crippen LogP contribution in [-0.4, -0.2) is 25.0 Å². The van der Waals surface area contributed by atoms with E-state index in [1.54, 1.807) is 36.4 Å². The first-order valence-corrected chi connectivity index (χ1v) is 8.59. The molecule has 2 N–H and O–H groups in total. The van der Waals surface area contributed by atoms with E-state index in [2.05, 4.69) is 10.9 Å². The molecule has 0 atom stereocenters. The van der Waals surface area contributed by atoms with Gasteiger partial charge in [0.1, 0.15) is 5.82 Å². The molecule has 1 aliphatic heterocycles. The summed E-state index contributed by atoms with van der Waals surface area (Å²) < 4.78 is 18.6. The summed E-state index contributed by atoms with van der Waals surface area (Å²) >= 11 is 5.80. The maximum absolute atomic E-state index is 13.3. The van der Waals surface area contributed by atoms with Crippen LogP contribution >= 0.6 is 11.6 Å². The zero-order valence-corrected chi connectivity index (χ0v) is 14.7. The molecule has 1 aliphatic rings. The van der Waals surface area contributed by atoms with Crippen LogP contribution in [0.4, 0.5) is 4.39 Å². The molecule has 0 unspecified atom stereocenters. The Kier molecular flexibility index (Phi) is 5.54. The van der Waals surface area contributed by atoms with E-state index in [1.165, 1.54) is 12.1 Å². The van der Waals surface area contributed by atoms with E-state index in [1.807, 2.05) is 0 Å². The summed E-state index contributed by atoms with van der Waals surface area (Å²) in [7, 11) is 0. The number of hydrazine groups is 1. The second kappa shape index (κ2) is 7.85. The maximum atomic E-state index is 13.3. The fourth-order valence-corrected chi connectivity index (χ4v) is 3.17. The molecule has 0 radical (unpaired) electrons. The smallest absolute Gasteiger partial charge is 0.269 e. The van der Waals surface area contributed by atoms with Gasteiger partial charge in [0.15, 0.2) is 0 Å². The van der Waals surface area contributed by atoms with Crippen molar-refractivity contribution in [2.75, 3.05) is 13.2 Å². The van der Waals surface area contributed by atoms with Crippen LogP contribution in [0.15, 0.2) is 48.5 Å². The lowest BCUT2D eigenvalue weighted by molar-refractivity contribution is -0.131. The van der Waals surface area contributed by atoms with E-state index in [4.69, 9.17) is 16.3 Å². The third-order valence-corrected chi connectivity index (χ3v) is 4.83. The van der Waals surface area contributed by atoms with Crippen LogP contribution in [0.3, 0.4) is 0 Å². The van der Waals surface area contributed by atoms with Crippen molar-refractivity contribution >= 4 is 23.4 Å². The lowest BCUT2D eigenvalue weighted by atomic mass is 9.73. The standard InChI is InChI=1S/C19H18ClFN2O3/c20-15-5-1-13(2-6-15)17(24)22-23-18(25)19(9-11-26-12-10-19)14-3-7-16(21)8-4-14/h1-8H,9-12H2,(H,22,24)(H,23,25). The van der Waals surface area contributed by atoms with Crippen molar-refractivity contribution in [2.45, 2.75) is 18.3 Å². The molecule has 3 rings (SSSR count). The molecule has 1 saturated heterocycles. The van der Waals surface area contributed by atoms with Gasteiger partial charge in [0.05, 0.1) is 5.41 Å². The summed E-state index contributed by atoms with van der Waals surface area (Å²) in [4.78, 5) is 25.1. The molecule has 136 valence electrons. The van der Waals surface area contributed by atoms with E-state index in [0.29, 0.717) is 42.2 Å². The number of nitrogens with one attached hydrogen (secondary N) is 2. The minimum atomic E-state index is -0.876. The quantitative estimate of drug-likeness (QED) is 0.809. The van der Waals surface area contributed by atoms with E-state index in [9.17, 15) is 14.0 Å². The average Bonchev–Trinajstić information content (AvgIpc) is 2.67. The molecule has 2 amide bonds. The topological polar surface area (TPSA) is 67.4 Å². The molecule has 26 heavy (non-hydrogen) atoms. The SMILES string of the molecule is O=C(NNC(=O)C1(c2ccc(F)cc2)CCOCC1)c1ccc(Cl)cc1. The zero-order chi connectivity index (χ0) is 18.6. The van der Waals surface area contributed by atoms with Crippen molar-refractivity contribution in [3.63, 3.8) is 0 Å². The fraction of sp³-hybridized carbons (Fsp3) is 0.263. The van der Waals surface area contributed by atoms with Crippen molar-refractivity contribution in [2.24, 2.45) is 0 Å². The number of carbonyl (C=O) groups is 2. The van der Waals surface area contributed by atoms with Gasteiger partial charge in [-0.15, -0.1) is 0 Å². The van der Waals surface area contributed by atoms with Crippen LogP contribution in [0.2, 0.25) is 5.02 Å². The number of benzene rings is 2. The molecule has 1 fully saturated rings. The summed E-state index contributed by atoms with van der Waals surface area (Å²) in [6.07, 6.45) is 0.891. The van der Waals surface area contributed by atoms with Crippen molar-refractivity contribution in [1.82, 2.24) is 10.9 Å². The number of hydrogen-bond acceptors (Lipinski definition) is 3. The highest BCUT2D eigenvalue weighted by Crippen LogP contribution is 2.35. The molecule has 5 nitrogen and oxygen atoms in total.